The summed E-state index contributed by atoms with van der Waals surface area (Å²) < 4.78 is 4.90. The van der Waals surface area contributed by atoms with E-state index in [9.17, 15) is 19.2 Å². The van der Waals surface area contributed by atoms with Crippen molar-refractivity contribution in [1.29, 1.82) is 0 Å². The highest BCUT2D eigenvalue weighted by Gasteiger charge is 2.35. The van der Waals surface area contributed by atoms with Gasteiger partial charge in [0.1, 0.15) is 0 Å². The van der Waals surface area contributed by atoms with Gasteiger partial charge in [0.25, 0.3) is 17.7 Å². The smallest absolute Gasteiger partial charge is 0.308 e. The number of nitrogens with one attached hydrogen (secondary N) is 1. The third-order valence-corrected chi connectivity index (χ3v) is 4.37. The molecule has 0 atom stereocenters. The van der Waals surface area contributed by atoms with E-state index in [4.69, 9.17) is 16.3 Å². The molecule has 2 aromatic carbocycles. The summed E-state index contributed by atoms with van der Waals surface area (Å²) in [5.74, 6) is -2.08. The number of rotatable bonds is 6. The first-order valence-electron chi connectivity index (χ1n) is 8.53. The lowest BCUT2D eigenvalue weighted by molar-refractivity contribution is -0.147. The lowest BCUT2D eigenvalue weighted by Gasteiger charge is -2.13. The molecule has 0 radical (unpaired) electrons. The normalized spacial score (nSPS) is 12.7. The van der Waals surface area contributed by atoms with Crippen LogP contribution in [-0.2, 0) is 14.3 Å². The van der Waals surface area contributed by atoms with Gasteiger partial charge in [0.15, 0.2) is 6.61 Å². The molecule has 0 spiro atoms. The zero-order chi connectivity index (χ0) is 20.3. The van der Waals surface area contributed by atoms with Crippen molar-refractivity contribution in [1.82, 2.24) is 4.90 Å². The number of imide groups is 1. The van der Waals surface area contributed by atoms with Gasteiger partial charge in [-0.1, -0.05) is 29.3 Å². The number of nitrogens with zero attached hydrogens (tertiary/aromatic N) is 1. The molecule has 0 saturated heterocycles. The number of hydrogen-bond donors (Lipinski definition) is 1. The molecule has 28 heavy (non-hydrogen) atoms. The van der Waals surface area contributed by atoms with Gasteiger partial charge in [-0.2, -0.15) is 0 Å². The first kappa shape index (κ1) is 19.6. The second-order valence-corrected chi connectivity index (χ2v) is 6.72. The third kappa shape index (κ3) is 4.37. The number of carbonyl (C=O) groups is 4. The van der Waals surface area contributed by atoms with E-state index in [1.54, 1.807) is 42.5 Å². The van der Waals surface area contributed by atoms with Gasteiger partial charge in [-0.3, -0.25) is 24.1 Å². The molecule has 1 aliphatic heterocycles. The SMILES string of the molecule is Cc1ccc2c(c1)C(=O)N(CCC(=O)OCC(=O)Nc1cccc(Cl)c1)C2=O. The Morgan fingerprint density at radius 3 is 2.57 bits per heavy atom. The summed E-state index contributed by atoms with van der Waals surface area (Å²) in [7, 11) is 0. The van der Waals surface area contributed by atoms with E-state index >= 15 is 0 Å². The Balaban J connectivity index is 1.48. The van der Waals surface area contributed by atoms with Gasteiger partial charge >= 0.3 is 5.97 Å². The van der Waals surface area contributed by atoms with Crippen LogP contribution < -0.4 is 5.32 Å². The third-order valence-electron chi connectivity index (χ3n) is 4.14. The number of hydrogen-bond acceptors (Lipinski definition) is 5. The van der Waals surface area contributed by atoms with Crippen molar-refractivity contribution in [2.45, 2.75) is 13.3 Å². The van der Waals surface area contributed by atoms with Crippen LogP contribution in [0.3, 0.4) is 0 Å². The van der Waals surface area contributed by atoms with E-state index < -0.39 is 30.3 Å². The first-order valence-corrected chi connectivity index (χ1v) is 8.91. The fraction of sp³-hybridized carbons (Fsp3) is 0.200. The van der Waals surface area contributed by atoms with Crippen LogP contribution in [0.5, 0.6) is 0 Å². The summed E-state index contributed by atoms with van der Waals surface area (Å²) in [4.78, 5) is 49.4. The minimum atomic E-state index is -0.686. The summed E-state index contributed by atoms with van der Waals surface area (Å²) in [6.07, 6.45) is -0.200. The summed E-state index contributed by atoms with van der Waals surface area (Å²) in [6, 6.07) is 11.5. The molecular formula is C20H17ClN2O5. The van der Waals surface area contributed by atoms with Crippen LogP contribution in [0.4, 0.5) is 5.69 Å². The van der Waals surface area contributed by atoms with Crippen LogP contribution in [0.15, 0.2) is 42.5 Å². The minimum absolute atomic E-state index is 0.111. The molecule has 0 aromatic heterocycles. The number of benzene rings is 2. The van der Waals surface area contributed by atoms with Gasteiger partial charge in [0, 0.05) is 17.3 Å². The number of ether oxygens (including phenoxy) is 1. The van der Waals surface area contributed by atoms with E-state index in [1.165, 1.54) is 0 Å². The first-order chi connectivity index (χ1) is 13.3. The topological polar surface area (TPSA) is 92.8 Å². The molecule has 7 nitrogen and oxygen atoms in total. The lowest BCUT2D eigenvalue weighted by Crippen LogP contribution is -2.32. The van der Waals surface area contributed by atoms with E-state index in [0.29, 0.717) is 21.8 Å². The highest BCUT2D eigenvalue weighted by Crippen LogP contribution is 2.24. The van der Waals surface area contributed by atoms with Gasteiger partial charge in [-0.05, 0) is 37.3 Å². The molecule has 3 amide bonds. The zero-order valence-corrected chi connectivity index (χ0v) is 15.8. The molecule has 8 heteroatoms. The van der Waals surface area contributed by atoms with Gasteiger partial charge < -0.3 is 10.1 Å². The Hall–Kier alpha value is -3.19. The van der Waals surface area contributed by atoms with Crippen LogP contribution in [0, 0.1) is 6.92 Å². The molecule has 2 aromatic rings. The van der Waals surface area contributed by atoms with Crippen molar-refractivity contribution >= 4 is 41.0 Å². The number of carbonyl (C=O) groups excluding carboxylic acids is 4. The molecule has 144 valence electrons. The van der Waals surface area contributed by atoms with Crippen LogP contribution in [0.25, 0.3) is 0 Å². The maximum atomic E-state index is 12.3. The number of anilines is 1. The quantitative estimate of drug-likeness (QED) is 0.594. The van der Waals surface area contributed by atoms with Crippen molar-refractivity contribution in [3.05, 3.63) is 64.2 Å². The van der Waals surface area contributed by atoms with Gasteiger partial charge in [0.05, 0.1) is 17.5 Å². The van der Waals surface area contributed by atoms with Crippen LogP contribution in [-0.4, -0.2) is 41.7 Å². The molecule has 0 fully saturated rings. The maximum Gasteiger partial charge on any atom is 0.308 e. The summed E-state index contributed by atoms with van der Waals surface area (Å²) in [6.45, 7) is 1.24. The van der Waals surface area contributed by atoms with Crippen LogP contribution in [0.2, 0.25) is 5.02 Å². The fourth-order valence-electron chi connectivity index (χ4n) is 2.79. The number of amides is 3. The summed E-state index contributed by atoms with van der Waals surface area (Å²) in [5.41, 5.74) is 2.01. The number of fused-ring (bicyclic) bond motifs is 1. The zero-order valence-electron chi connectivity index (χ0n) is 15.0. The number of esters is 1. The Labute approximate surface area is 166 Å². The molecule has 0 aliphatic carbocycles. The van der Waals surface area contributed by atoms with Crippen LogP contribution >= 0.6 is 11.6 Å². The van der Waals surface area contributed by atoms with Crippen LogP contribution in [0.1, 0.15) is 32.7 Å². The van der Waals surface area contributed by atoms with E-state index in [1.807, 2.05) is 6.92 Å². The van der Waals surface area contributed by atoms with Crippen molar-refractivity contribution in [2.75, 3.05) is 18.5 Å². The Morgan fingerprint density at radius 1 is 1.07 bits per heavy atom. The number of halogens is 1. The summed E-state index contributed by atoms with van der Waals surface area (Å²) in [5, 5.41) is 3.01. The van der Waals surface area contributed by atoms with Gasteiger partial charge in [-0.15, -0.1) is 0 Å². The molecule has 1 N–H and O–H groups in total. The Bertz CT molecular complexity index is 973. The van der Waals surface area contributed by atoms with Crippen molar-refractivity contribution in [2.24, 2.45) is 0 Å². The van der Waals surface area contributed by atoms with Crippen molar-refractivity contribution < 1.29 is 23.9 Å². The molecule has 1 aliphatic rings. The fourth-order valence-corrected chi connectivity index (χ4v) is 2.98. The molecule has 0 unspecified atom stereocenters. The molecule has 1 heterocycles. The van der Waals surface area contributed by atoms with Gasteiger partial charge in [0.2, 0.25) is 0 Å². The lowest BCUT2D eigenvalue weighted by atomic mass is 10.1. The average molecular weight is 401 g/mol. The van der Waals surface area contributed by atoms with E-state index in [-0.39, 0.29) is 13.0 Å². The minimum Gasteiger partial charge on any atom is -0.456 e. The maximum absolute atomic E-state index is 12.3. The standard InChI is InChI=1S/C20H17ClN2O5/c1-12-5-6-15-16(9-12)20(27)23(19(15)26)8-7-18(25)28-11-17(24)22-14-4-2-3-13(21)10-14/h2-6,9-10H,7-8,11H2,1H3,(H,22,24). The highest BCUT2D eigenvalue weighted by molar-refractivity contribution is 6.30. The average Bonchev–Trinajstić information content (AvgIpc) is 2.88. The molecule has 3 rings (SSSR count). The molecular weight excluding hydrogens is 384 g/mol. The predicted octanol–water partition coefficient (Wildman–Crippen LogP) is 2.82. The molecule has 0 bridgehead atoms. The Morgan fingerprint density at radius 2 is 1.82 bits per heavy atom. The highest BCUT2D eigenvalue weighted by atomic mass is 35.5. The summed E-state index contributed by atoms with van der Waals surface area (Å²) >= 11 is 5.83. The largest absolute Gasteiger partial charge is 0.456 e. The molecule has 0 saturated carbocycles. The number of aryl methyl sites for hydroxylation is 1. The second-order valence-electron chi connectivity index (χ2n) is 6.28. The van der Waals surface area contributed by atoms with Crippen molar-refractivity contribution in [3.63, 3.8) is 0 Å². The Kier molecular flexibility index (Phi) is 5.75. The van der Waals surface area contributed by atoms with E-state index in [2.05, 4.69) is 5.32 Å². The van der Waals surface area contributed by atoms with E-state index in [0.717, 1.165) is 10.5 Å². The van der Waals surface area contributed by atoms with Crippen molar-refractivity contribution in [3.8, 4) is 0 Å². The monoisotopic (exact) mass is 400 g/mol. The second kappa shape index (κ2) is 8.22. The van der Waals surface area contributed by atoms with Gasteiger partial charge in [-0.25, -0.2) is 0 Å². The predicted molar refractivity (Wildman–Crippen MR) is 102 cm³/mol.